The van der Waals surface area contributed by atoms with E-state index in [0.29, 0.717) is 18.9 Å². The number of nitrogens with zero attached hydrogens (tertiary/aromatic N) is 2. The Morgan fingerprint density at radius 3 is 2.65 bits per heavy atom. The van der Waals surface area contributed by atoms with Gasteiger partial charge in [0.15, 0.2) is 0 Å². The molecule has 1 saturated heterocycles. The van der Waals surface area contributed by atoms with Crippen molar-refractivity contribution in [2.45, 2.75) is 31.2 Å². The average Bonchev–Trinajstić information content (AvgIpc) is 2.87. The first-order valence-corrected chi connectivity index (χ1v) is 8.20. The van der Waals surface area contributed by atoms with Gasteiger partial charge < -0.3 is 10.1 Å². The van der Waals surface area contributed by atoms with E-state index >= 15 is 0 Å². The molecule has 1 aliphatic heterocycles. The largest absolute Gasteiger partial charge is 0.376 e. The smallest absolute Gasteiger partial charge is 0.270 e. The second-order valence-electron chi connectivity index (χ2n) is 6.50. The minimum Gasteiger partial charge on any atom is -0.376 e. The Morgan fingerprint density at radius 1 is 1.22 bits per heavy atom. The lowest BCUT2D eigenvalue weighted by molar-refractivity contribution is -0.0735. The second kappa shape index (κ2) is 5.49. The Bertz CT molecular complexity index is 732. The minimum atomic E-state index is -0.413. The van der Waals surface area contributed by atoms with Gasteiger partial charge in [0.1, 0.15) is 11.2 Å². The van der Waals surface area contributed by atoms with Gasteiger partial charge in [-0.3, -0.25) is 9.48 Å². The van der Waals surface area contributed by atoms with Crippen molar-refractivity contribution in [2.24, 2.45) is 7.05 Å². The lowest BCUT2D eigenvalue weighted by atomic mass is 9.87. The van der Waals surface area contributed by atoms with Crippen molar-refractivity contribution in [3.05, 3.63) is 52.8 Å². The van der Waals surface area contributed by atoms with Crippen molar-refractivity contribution in [2.75, 3.05) is 13.2 Å². The molecule has 1 fully saturated rings. The fourth-order valence-electron chi connectivity index (χ4n) is 3.62. The van der Waals surface area contributed by atoms with E-state index in [1.165, 1.54) is 0 Å². The molecular weight excluding hydrogens is 290 g/mol. The Kier molecular flexibility index (Phi) is 3.45. The highest BCUT2D eigenvalue weighted by Gasteiger charge is 2.42. The lowest BCUT2D eigenvalue weighted by Crippen LogP contribution is -2.59. The molecule has 0 saturated carbocycles. The summed E-state index contributed by atoms with van der Waals surface area (Å²) in [6, 6.07) is 10.1. The van der Waals surface area contributed by atoms with Gasteiger partial charge in [-0.15, -0.1) is 0 Å². The van der Waals surface area contributed by atoms with E-state index in [4.69, 9.17) is 4.74 Å². The number of benzene rings is 1. The SMILES string of the molecule is Cn1nc2c(c1C(=O)NC1(c3ccccc3)COC1)CCCC2. The van der Waals surface area contributed by atoms with E-state index in [1.54, 1.807) is 4.68 Å². The number of carbonyl (C=O) groups excluding carboxylic acids is 1. The van der Waals surface area contributed by atoms with Crippen molar-refractivity contribution in [1.29, 1.82) is 0 Å². The molecule has 23 heavy (non-hydrogen) atoms. The average molecular weight is 311 g/mol. The van der Waals surface area contributed by atoms with Crippen molar-refractivity contribution in [3.63, 3.8) is 0 Å². The van der Waals surface area contributed by atoms with Crippen LogP contribution in [0.1, 0.15) is 40.2 Å². The molecule has 5 heteroatoms. The lowest BCUT2D eigenvalue weighted by Gasteiger charge is -2.42. The summed E-state index contributed by atoms with van der Waals surface area (Å²) >= 11 is 0. The highest BCUT2D eigenvalue weighted by molar-refractivity contribution is 5.95. The number of aromatic nitrogens is 2. The summed E-state index contributed by atoms with van der Waals surface area (Å²) in [5.74, 6) is -0.0460. The number of rotatable bonds is 3. The third kappa shape index (κ3) is 2.36. The highest BCUT2D eigenvalue weighted by Crippen LogP contribution is 2.31. The number of hydrogen-bond acceptors (Lipinski definition) is 3. The molecule has 1 aliphatic carbocycles. The van der Waals surface area contributed by atoms with Crippen LogP contribution in [0.2, 0.25) is 0 Å². The molecule has 0 bridgehead atoms. The van der Waals surface area contributed by atoms with E-state index in [2.05, 4.69) is 10.4 Å². The molecule has 4 rings (SSSR count). The standard InChI is InChI=1S/C18H21N3O2/c1-21-16(14-9-5-6-10-15(14)20-21)17(22)19-18(11-23-12-18)13-7-3-2-4-8-13/h2-4,7-8H,5-6,9-12H2,1H3,(H,19,22). The third-order valence-corrected chi connectivity index (χ3v) is 4.91. The normalized spacial score (nSPS) is 18.8. The van der Waals surface area contributed by atoms with Crippen LogP contribution in [0.3, 0.4) is 0 Å². The van der Waals surface area contributed by atoms with Gasteiger partial charge in [-0.05, 0) is 31.2 Å². The molecule has 1 amide bonds. The molecule has 0 radical (unpaired) electrons. The molecule has 0 unspecified atom stereocenters. The second-order valence-corrected chi connectivity index (χ2v) is 6.50. The van der Waals surface area contributed by atoms with Crippen LogP contribution in [0.15, 0.2) is 30.3 Å². The van der Waals surface area contributed by atoms with E-state index in [0.717, 1.165) is 42.5 Å². The number of amides is 1. The maximum absolute atomic E-state index is 13.0. The summed E-state index contributed by atoms with van der Waals surface area (Å²) in [6.45, 7) is 1.03. The van der Waals surface area contributed by atoms with Crippen LogP contribution < -0.4 is 5.32 Å². The van der Waals surface area contributed by atoms with Crippen LogP contribution in [-0.2, 0) is 30.2 Å². The minimum absolute atomic E-state index is 0.0460. The number of fused-ring (bicyclic) bond motifs is 1. The van der Waals surface area contributed by atoms with Crippen LogP contribution in [0, 0.1) is 0 Å². The Balaban J connectivity index is 1.64. The molecule has 1 aromatic heterocycles. The van der Waals surface area contributed by atoms with Crippen LogP contribution in [0.4, 0.5) is 0 Å². The zero-order chi connectivity index (χ0) is 15.9. The molecule has 2 aromatic rings. The van der Waals surface area contributed by atoms with E-state index < -0.39 is 5.54 Å². The monoisotopic (exact) mass is 311 g/mol. The van der Waals surface area contributed by atoms with Gasteiger partial charge in [0, 0.05) is 12.6 Å². The molecule has 2 aliphatic rings. The maximum atomic E-state index is 13.0. The number of carbonyl (C=O) groups is 1. The predicted molar refractivity (Wildman–Crippen MR) is 86.3 cm³/mol. The number of hydrogen-bond donors (Lipinski definition) is 1. The fourth-order valence-corrected chi connectivity index (χ4v) is 3.62. The Hall–Kier alpha value is -2.14. The predicted octanol–water partition coefficient (Wildman–Crippen LogP) is 1.95. The summed E-state index contributed by atoms with van der Waals surface area (Å²) in [5, 5.41) is 7.76. The summed E-state index contributed by atoms with van der Waals surface area (Å²) < 4.78 is 7.16. The van der Waals surface area contributed by atoms with Crippen LogP contribution in [0.25, 0.3) is 0 Å². The van der Waals surface area contributed by atoms with Gasteiger partial charge in [0.2, 0.25) is 0 Å². The summed E-state index contributed by atoms with van der Waals surface area (Å²) in [6.07, 6.45) is 4.21. The summed E-state index contributed by atoms with van der Waals surface area (Å²) in [5.41, 5.74) is 3.60. The van der Waals surface area contributed by atoms with E-state index in [-0.39, 0.29) is 5.91 Å². The van der Waals surface area contributed by atoms with Gasteiger partial charge in [0.05, 0.1) is 18.9 Å². The highest BCUT2D eigenvalue weighted by atomic mass is 16.5. The fraction of sp³-hybridized carbons (Fsp3) is 0.444. The summed E-state index contributed by atoms with van der Waals surface area (Å²) in [4.78, 5) is 13.0. The first-order valence-electron chi connectivity index (χ1n) is 8.20. The van der Waals surface area contributed by atoms with Gasteiger partial charge in [-0.1, -0.05) is 30.3 Å². The Morgan fingerprint density at radius 2 is 1.96 bits per heavy atom. The number of nitrogens with one attached hydrogen (secondary N) is 1. The van der Waals surface area contributed by atoms with Gasteiger partial charge in [0.25, 0.3) is 5.91 Å². The molecular formula is C18H21N3O2. The van der Waals surface area contributed by atoms with Crippen molar-refractivity contribution < 1.29 is 9.53 Å². The first-order chi connectivity index (χ1) is 11.2. The number of aryl methyl sites for hydroxylation is 2. The van der Waals surface area contributed by atoms with Gasteiger partial charge >= 0.3 is 0 Å². The van der Waals surface area contributed by atoms with Crippen molar-refractivity contribution in [3.8, 4) is 0 Å². The quantitative estimate of drug-likeness (QED) is 0.942. The van der Waals surface area contributed by atoms with E-state index in [1.807, 2.05) is 37.4 Å². The van der Waals surface area contributed by atoms with E-state index in [9.17, 15) is 4.79 Å². The van der Waals surface area contributed by atoms with Gasteiger partial charge in [-0.2, -0.15) is 5.10 Å². The summed E-state index contributed by atoms with van der Waals surface area (Å²) in [7, 11) is 1.86. The van der Waals surface area contributed by atoms with Crippen LogP contribution >= 0.6 is 0 Å². The van der Waals surface area contributed by atoms with Gasteiger partial charge in [-0.25, -0.2) is 0 Å². The molecule has 2 heterocycles. The zero-order valence-corrected chi connectivity index (χ0v) is 13.3. The number of ether oxygens (including phenoxy) is 1. The first kappa shape index (κ1) is 14.5. The molecule has 5 nitrogen and oxygen atoms in total. The topological polar surface area (TPSA) is 56.2 Å². The third-order valence-electron chi connectivity index (χ3n) is 4.91. The van der Waals surface area contributed by atoms with Crippen molar-refractivity contribution in [1.82, 2.24) is 15.1 Å². The Labute approximate surface area is 135 Å². The van der Waals surface area contributed by atoms with Crippen LogP contribution in [0.5, 0.6) is 0 Å². The van der Waals surface area contributed by atoms with Crippen LogP contribution in [-0.4, -0.2) is 28.9 Å². The molecule has 120 valence electrons. The maximum Gasteiger partial charge on any atom is 0.270 e. The van der Waals surface area contributed by atoms with Crippen molar-refractivity contribution >= 4 is 5.91 Å². The molecule has 0 spiro atoms. The molecule has 1 N–H and O–H groups in total. The molecule has 1 aromatic carbocycles. The molecule has 0 atom stereocenters. The zero-order valence-electron chi connectivity index (χ0n) is 13.3.